The number of hydrogen-bond acceptors (Lipinski definition) is 4. The molecule has 0 spiro atoms. The van der Waals surface area contributed by atoms with Gasteiger partial charge >= 0.3 is 0 Å². The van der Waals surface area contributed by atoms with E-state index in [1.54, 1.807) is 7.11 Å². The second-order valence-electron chi connectivity index (χ2n) is 4.80. The van der Waals surface area contributed by atoms with Crippen LogP contribution >= 0.6 is 0 Å². The molecule has 0 amide bonds. The van der Waals surface area contributed by atoms with Gasteiger partial charge in [0.15, 0.2) is 0 Å². The Balaban J connectivity index is 3.46. The molecule has 0 aromatic carbocycles. The van der Waals surface area contributed by atoms with Crippen LogP contribution in [0.25, 0.3) is 0 Å². The number of methoxy groups -OCH3 is 1. The lowest BCUT2D eigenvalue weighted by molar-refractivity contribution is 0.199. The van der Waals surface area contributed by atoms with E-state index in [1.165, 1.54) is 0 Å². The number of unbranched alkanes of at least 4 members (excludes halogenated alkanes) is 1. The topological polar surface area (TPSA) is 55.4 Å². The van der Waals surface area contributed by atoms with Crippen LogP contribution in [0.2, 0.25) is 0 Å². The molecule has 1 N–H and O–H groups in total. The molecular weight excluding hydrogens is 238 g/mol. The van der Waals surface area contributed by atoms with E-state index >= 15 is 0 Å². The van der Waals surface area contributed by atoms with Crippen LogP contribution in [0.1, 0.15) is 33.1 Å². The van der Waals surface area contributed by atoms with Crippen molar-refractivity contribution in [3.63, 3.8) is 0 Å². The third-order valence-corrected chi connectivity index (χ3v) is 4.24. The summed E-state index contributed by atoms with van der Waals surface area (Å²) in [7, 11) is -1.27. The summed E-state index contributed by atoms with van der Waals surface area (Å²) in [6.07, 6.45) is 2.28. The molecule has 0 radical (unpaired) electrons. The maximum Gasteiger partial charge on any atom is 0.150 e. The Bertz CT molecular complexity index is 263. The first kappa shape index (κ1) is 16.9. The number of rotatable bonds is 11. The minimum Gasteiger partial charge on any atom is -0.385 e. The average molecular weight is 265 g/mol. The summed E-state index contributed by atoms with van der Waals surface area (Å²) in [5.41, 5.74) is 0. The van der Waals surface area contributed by atoms with Gasteiger partial charge in [-0.25, -0.2) is 8.42 Å². The third-order valence-electron chi connectivity index (χ3n) is 2.42. The van der Waals surface area contributed by atoms with Gasteiger partial charge in [-0.1, -0.05) is 13.8 Å². The van der Waals surface area contributed by atoms with Gasteiger partial charge in [0.1, 0.15) is 9.84 Å². The van der Waals surface area contributed by atoms with E-state index in [0.717, 1.165) is 25.9 Å². The Kier molecular flexibility index (Phi) is 9.78. The van der Waals surface area contributed by atoms with Crippen molar-refractivity contribution in [2.75, 3.05) is 38.3 Å². The fraction of sp³-hybridized carbons (Fsp3) is 1.00. The lowest BCUT2D eigenvalue weighted by Gasteiger charge is -2.07. The van der Waals surface area contributed by atoms with E-state index in [4.69, 9.17) is 4.74 Å². The third kappa shape index (κ3) is 12.1. The van der Waals surface area contributed by atoms with Gasteiger partial charge in [-0.05, 0) is 38.3 Å². The minimum absolute atomic E-state index is 0.250. The van der Waals surface area contributed by atoms with Crippen molar-refractivity contribution in [1.82, 2.24) is 5.32 Å². The summed E-state index contributed by atoms with van der Waals surface area (Å²) in [4.78, 5) is 0. The van der Waals surface area contributed by atoms with E-state index in [1.807, 2.05) is 0 Å². The Morgan fingerprint density at radius 2 is 1.76 bits per heavy atom. The van der Waals surface area contributed by atoms with E-state index in [0.29, 0.717) is 24.7 Å². The van der Waals surface area contributed by atoms with Crippen molar-refractivity contribution in [3.05, 3.63) is 0 Å². The van der Waals surface area contributed by atoms with Crippen LogP contribution in [0.5, 0.6) is 0 Å². The molecule has 0 aromatic rings. The average Bonchev–Trinajstić information content (AvgIpc) is 2.23. The van der Waals surface area contributed by atoms with Crippen LogP contribution < -0.4 is 5.32 Å². The van der Waals surface area contributed by atoms with Crippen LogP contribution in [-0.4, -0.2) is 46.7 Å². The summed E-state index contributed by atoms with van der Waals surface area (Å²) < 4.78 is 28.0. The highest BCUT2D eigenvalue weighted by Gasteiger charge is 2.09. The number of hydrogen-bond donors (Lipinski definition) is 1. The monoisotopic (exact) mass is 265 g/mol. The molecule has 0 saturated carbocycles. The second-order valence-corrected chi connectivity index (χ2v) is 7.11. The highest BCUT2D eigenvalue weighted by molar-refractivity contribution is 7.91. The Morgan fingerprint density at radius 1 is 1.12 bits per heavy atom. The van der Waals surface area contributed by atoms with Gasteiger partial charge in [-0.3, -0.25) is 0 Å². The zero-order valence-corrected chi connectivity index (χ0v) is 12.2. The summed E-state index contributed by atoms with van der Waals surface area (Å²) in [6, 6.07) is 0. The largest absolute Gasteiger partial charge is 0.385 e. The first-order valence-corrected chi connectivity index (χ1v) is 8.20. The van der Waals surface area contributed by atoms with Crippen LogP contribution in [0, 0.1) is 5.92 Å². The molecule has 5 heteroatoms. The Labute approximate surface area is 106 Å². The number of sulfone groups is 1. The van der Waals surface area contributed by atoms with Crippen LogP contribution in [0.15, 0.2) is 0 Å². The summed E-state index contributed by atoms with van der Waals surface area (Å²) in [5.74, 6) is 1.20. The highest BCUT2D eigenvalue weighted by Crippen LogP contribution is 2.00. The molecule has 0 heterocycles. The van der Waals surface area contributed by atoms with Crippen LogP contribution in [0.3, 0.4) is 0 Å². The van der Waals surface area contributed by atoms with Gasteiger partial charge in [-0.2, -0.15) is 0 Å². The lowest BCUT2D eigenvalue weighted by Crippen LogP contribution is -2.21. The Morgan fingerprint density at radius 3 is 2.35 bits per heavy atom. The van der Waals surface area contributed by atoms with Gasteiger partial charge in [0.25, 0.3) is 0 Å². The number of nitrogens with one attached hydrogen (secondary N) is 1. The molecule has 0 aliphatic carbocycles. The normalized spacial score (nSPS) is 12.2. The van der Waals surface area contributed by atoms with Crippen LogP contribution in [0.4, 0.5) is 0 Å². The highest BCUT2D eigenvalue weighted by atomic mass is 32.2. The zero-order valence-electron chi connectivity index (χ0n) is 11.4. The van der Waals surface area contributed by atoms with Gasteiger partial charge in [0.2, 0.25) is 0 Å². The van der Waals surface area contributed by atoms with E-state index in [2.05, 4.69) is 19.2 Å². The summed E-state index contributed by atoms with van der Waals surface area (Å²) >= 11 is 0. The molecule has 0 saturated heterocycles. The molecular formula is C12H27NO3S. The quantitative estimate of drug-likeness (QED) is 0.575. The van der Waals surface area contributed by atoms with Crippen molar-refractivity contribution in [1.29, 1.82) is 0 Å². The van der Waals surface area contributed by atoms with Gasteiger partial charge in [0.05, 0.1) is 11.5 Å². The smallest absolute Gasteiger partial charge is 0.150 e. The number of ether oxygens (including phenoxy) is 1. The molecule has 0 rings (SSSR count). The van der Waals surface area contributed by atoms with Crippen LogP contribution in [-0.2, 0) is 14.6 Å². The van der Waals surface area contributed by atoms with Gasteiger partial charge in [0, 0.05) is 13.7 Å². The zero-order chi connectivity index (χ0) is 13.1. The van der Waals surface area contributed by atoms with E-state index < -0.39 is 9.84 Å². The van der Waals surface area contributed by atoms with Crippen molar-refractivity contribution < 1.29 is 13.2 Å². The van der Waals surface area contributed by atoms with E-state index in [-0.39, 0.29) is 5.75 Å². The van der Waals surface area contributed by atoms with Gasteiger partial charge in [-0.15, -0.1) is 0 Å². The fourth-order valence-electron chi connectivity index (χ4n) is 1.49. The first-order chi connectivity index (χ1) is 7.98. The molecule has 0 atom stereocenters. The SMILES string of the molecule is COCCCS(=O)(=O)CCCCNCC(C)C. The van der Waals surface area contributed by atoms with Crippen molar-refractivity contribution in [2.24, 2.45) is 5.92 Å². The fourth-order valence-corrected chi connectivity index (χ4v) is 2.89. The second kappa shape index (κ2) is 9.85. The maximum atomic E-state index is 11.6. The predicted molar refractivity (Wildman–Crippen MR) is 72.1 cm³/mol. The lowest BCUT2D eigenvalue weighted by atomic mass is 10.2. The molecule has 0 fully saturated rings. The van der Waals surface area contributed by atoms with Gasteiger partial charge < -0.3 is 10.1 Å². The summed E-state index contributed by atoms with van der Waals surface area (Å²) in [6.45, 7) is 6.75. The molecule has 0 unspecified atom stereocenters. The van der Waals surface area contributed by atoms with E-state index in [9.17, 15) is 8.42 Å². The molecule has 0 aromatic heterocycles. The Hall–Kier alpha value is -0.130. The molecule has 4 nitrogen and oxygen atoms in total. The molecule has 104 valence electrons. The standard InChI is InChI=1S/C12H27NO3S/c1-12(2)11-13-7-4-5-9-17(14,15)10-6-8-16-3/h12-13H,4-11H2,1-3H3. The molecule has 0 aliphatic rings. The molecule has 0 aliphatic heterocycles. The minimum atomic E-state index is -2.87. The van der Waals surface area contributed by atoms with Crippen molar-refractivity contribution in [3.8, 4) is 0 Å². The predicted octanol–water partition coefficient (Wildman–Crippen LogP) is 1.46. The maximum absolute atomic E-state index is 11.6. The van der Waals surface area contributed by atoms with Crippen molar-refractivity contribution >= 4 is 9.84 Å². The molecule has 0 bridgehead atoms. The van der Waals surface area contributed by atoms with Crippen molar-refractivity contribution in [2.45, 2.75) is 33.1 Å². The summed E-state index contributed by atoms with van der Waals surface area (Å²) in [5, 5.41) is 3.31. The molecule has 17 heavy (non-hydrogen) atoms. The first-order valence-electron chi connectivity index (χ1n) is 6.38.